The third kappa shape index (κ3) is 7.62. The molecule has 0 aliphatic rings. The lowest BCUT2D eigenvalue weighted by Gasteiger charge is -2.31. The Morgan fingerprint density at radius 1 is 0.848 bits per heavy atom. The van der Waals surface area contributed by atoms with Gasteiger partial charge in [0.2, 0.25) is 11.8 Å². The van der Waals surface area contributed by atoms with E-state index in [2.05, 4.69) is 5.32 Å². The lowest BCUT2D eigenvalue weighted by atomic mass is 10.0. The largest absolute Gasteiger partial charge is 0.354 e. The van der Waals surface area contributed by atoms with Crippen LogP contribution in [-0.2, 0) is 29.0 Å². The van der Waals surface area contributed by atoms with Gasteiger partial charge in [-0.1, -0.05) is 84.7 Å². The van der Waals surface area contributed by atoms with E-state index in [9.17, 15) is 9.59 Å². The molecule has 3 rings (SSSR count). The van der Waals surface area contributed by atoms with Crippen LogP contribution < -0.4 is 5.32 Å². The fourth-order valence-electron chi connectivity index (χ4n) is 3.68. The van der Waals surface area contributed by atoms with E-state index in [1.54, 1.807) is 23.1 Å². The van der Waals surface area contributed by atoms with Crippen LogP contribution in [0.5, 0.6) is 0 Å². The standard InChI is InChI=1S/C27H28Cl2N2O2/c1-2-14-30-27(33)25(17-20-8-4-3-5-9-20)31(19-22-11-7-13-24(29)16-22)26(32)18-21-10-6-12-23(28)15-21/h3-13,15-16,25H,2,14,17-19H2,1H3,(H,30,33). The molecule has 0 aliphatic heterocycles. The monoisotopic (exact) mass is 482 g/mol. The maximum Gasteiger partial charge on any atom is 0.243 e. The molecular weight excluding hydrogens is 455 g/mol. The highest BCUT2D eigenvalue weighted by Gasteiger charge is 2.30. The molecule has 1 unspecified atom stereocenters. The van der Waals surface area contributed by atoms with E-state index in [1.807, 2.05) is 67.6 Å². The zero-order valence-corrected chi connectivity index (χ0v) is 20.1. The Labute approximate surface area is 205 Å². The van der Waals surface area contributed by atoms with E-state index in [0.717, 1.165) is 23.1 Å². The highest BCUT2D eigenvalue weighted by molar-refractivity contribution is 6.30. The van der Waals surface area contributed by atoms with Gasteiger partial charge in [-0.25, -0.2) is 0 Å². The van der Waals surface area contributed by atoms with Crippen LogP contribution in [0.25, 0.3) is 0 Å². The molecule has 0 spiro atoms. The summed E-state index contributed by atoms with van der Waals surface area (Å²) in [6.45, 7) is 2.83. The van der Waals surface area contributed by atoms with Crippen LogP contribution in [0.15, 0.2) is 78.9 Å². The van der Waals surface area contributed by atoms with E-state index in [4.69, 9.17) is 23.2 Å². The van der Waals surface area contributed by atoms with Crippen molar-refractivity contribution in [3.63, 3.8) is 0 Å². The quantitative estimate of drug-likeness (QED) is 0.402. The molecule has 3 aromatic rings. The fourth-order valence-corrected chi connectivity index (χ4v) is 4.10. The fraction of sp³-hybridized carbons (Fsp3) is 0.259. The van der Waals surface area contributed by atoms with Crippen LogP contribution in [0.3, 0.4) is 0 Å². The Kier molecular flexibility index (Phi) is 9.35. The number of amides is 2. The second-order valence-electron chi connectivity index (χ2n) is 7.95. The number of nitrogens with zero attached hydrogens (tertiary/aromatic N) is 1. The summed E-state index contributed by atoms with van der Waals surface area (Å²) in [7, 11) is 0. The Hall–Kier alpha value is -2.82. The first-order valence-corrected chi connectivity index (χ1v) is 11.8. The van der Waals surface area contributed by atoms with Crippen molar-refractivity contribution in [2.24, 2.45) is 0 Å². The molecule has 0 heterocycles. The van der Waals surface area contributed by atoms with E-state index < -0.39 is 6.04 Å². The van der Waals surface area contributed by atoms with E-state index in [1.165, 1.54) is 0 Å². The van der Waals surface area contributed by atoms with Gasteiger partial charge < -0.3 is 10.2 Å². The van der Waals surface area contributed by atoms with Crippen molar-refractivity contribution < 1.29 is 9.59 Å². The van der Waals surface area contributed by atoms with Gasteiger partial charge in [0, 0.05) is 29.6 Å². The first kappa shape index (κ1) is 24.8. The molecule has 0 aliphatic carbocycles. The second-order valence-corrected chi connectivity index (χ2v) is 8.83. The van der Waals surface area contributed by atoms with Crippen LogP contribution in [-0.4, -0.2) is 29.3 Å². The molecule has 4 nitrogen and oxygen atoms in total. The summed E-state index contributed by atoms with van der Waals surface area (Å²) < 4.78 is 0. The van der Waals surface area contributed by atoms with Gasteiger partial charge in [0.1, 0.15) is 6.04 Å². The molecule has 1 N–H and O–H groups in total. The third-order valence-electron chi connectivity index (χ3n) is 5.31. The molecule has 2 amide bonds. The SMILES string of the molecule is CCCNC(=O)C(Cc1ccccc1)N(Cc1cccc(Cl)c1)C(=O)Cc1cccc(Cl)c1. The summed E-state index contributed by atoms with van der Waals surface area (Å²) in [5.74, 6) is -0.313. The van der Waals surface area contributed by atoms with Gasteiger partial charge in [0.25, 0.3) is 0 Å². The van der Waals surface area contributed by atoms with E-state index in [-0.39, 0.29) is 24.8 Å². The Balaban J connectivity index is 1.95. The molecule has 0 fully saturated rings. The van der Waals surface area contributed by atoms with Gasteiger partial charge in [-0.3, -0.25) is 9.59 Å². The predicted octanol–water partition coefficient (Wildman–Crippen LogP) is 5.70. The number of nitrogens with one attached hydrogen (secondary N) is 1. The number of rotatable bonds is 10. The Morgan fingerprint density at radius 3 is 2.09 bits per heavy atom. The number of carbonyl (C=O) groups is 2. The van der Waals surface area contributed by atoms with Crippen molar-refractivity contribution >= 4 is 35.0 Å². The van der Waals surface area contributed by atoms with Crippen LogP contribution >= 0.6 is 23.2 Å². The summed E-state index contributed by atoms with van der Waals surface area (Å²) in [6.07, 6.45) is 1.38. The highest BCUT2D eigenvalue weighted by Crippen LogP contribution is 2.19. The van der Waals surface area contributed by atoms with Crippen molar-refractivity contribution in [2.45, 2.75) is 38.8 Å². The topological polar surface area (TPSA) is 49.4 Å². The van der Waals surface area contributed by atoms with E-state index in [0.29, 0.717) is 23.0 Å². The molecule has 33 heavy (non-hydrogen) atoms. The first-order valence-electron chi connectivity index (χ1n) is 11.1. The minimum atomic E-state index is -0.662. The molecule has 6 heteroatoms. The van der Waals surface area contributed by atoms with Crippen LogP contribution in [0.4, 0.5) is 0 Å². The van der Waals surface area contributed by atoms with Gasteiger partial charge in [-0.15, -0.1) is 0 Å². The minimum Gasteiger partial charge on any atom is -0.354 e. The average Bonchev–Trinajstić information content (AvgIpc) is 2.80. The molecule has 0 bridgehead atoms. The summed E-state index contributed by atoms with van der Waals surface area (Å²) in [5.41, 5.74) is 2.65. The molecule has 0 saturated heterocycles. The lowest BCUT2D eigenvalue weighted by Crippen LogP contribution is -2.51. The highest BCUT2D eigenvalue weighted by atomic mass is 35.5. The van der Waals surface area contributed by atoms with Crippen molar-refractivity contribution in [3.05, 3.63) is 106 Å². The van der Waals surface area contributed by atoms with Crippen molar-refractivity contribution in [1.82, 2.24) is 10.2 Å². The summed E-state index contributed by atoms with van der Waals surface area (Å²) in [5, 5.41) is 4.14. The van der Waals surface area contributed by atoms with Gasteiger partial charge in [-0.05, 0) is 47.4 Å². The molecule has 3 aromatic carbocycles. The normalized spacial score (nSPS) is 11.6. The minimum absolute atomic E-state index is 0.146. The Morgan fingerprint density at radius 2 is 1.45 bits per heavy atom. The summed E-state index contributed by atoms with van der Waals surface area (Å²) >= 11 is 12.3. The lowest BCUT2D eigenvalue weighted by molar-refractivity contribution is -0.140. The van der Waals surface area contributed by atoms with Crippen molar-refractivity contribution in [3.8, 4) is 0 Å². The summed E-state index contributed by atoms with van der Waals surface area (Å²) in [6, 6.07) is 23.7. The van der Waals surface area contributed by atoms with Gasteiger partial charge in [0.15, 0.2) is 0 Å². The maximum atomic E-state index is 13.6. The number of carbonyl (C=O) groups excluding carboxylic acids is 2. The second kappa shape index (κ2) is 12.4. The van der Waals surface area contributed by atoms with Crippen LogP contribution in [0.1, 0.15) is 30.0 Å². The number of benzene rings is 3. The zero-order valence-electron chi connectivity index (χ0n) is 18.6. The molecule has 1 atom stereocenters. The third-order valence-corrected chi connectivity index (χ3v) is 5.78. The zero-order chi connectivity index (χ0) is 23.6. The predicted molar refractivity (Wildman–Crippen MR) is 134 cm³/mol. The average molecular weight is 483 g/mol. The molecule has 0 radical (unpaired) electrons. The van der Waals surface area contributed by atoms with Crippen LogP contribution in [0, 0.1) is 0 Å². The van der Waals surface area contributed by atoms with Gasteiger partial charge in [0.05, 0.1) is 6.42 Å². The molecular formula is C27H28Cl2N2O2. The van der Waals surface area contributed by atoms with E-state index >= 15 is 0 Å². The molecule has 172 valence electrons. The Bertz CT molecular complexity index is 1070. The van der Waals surface area contributed by atoms with Gasteiger partial charge in [-0.2, -0.15) is 0 Å². The van der Waals surface area contributed by atoms with Crippen LogP contribution in [0.2, 0.25) is 10.0 Å². The maximum absolute atomic E-state index is 13.6. The molecule has 0 saturated carbocycles. The molecule has 0 aromatic heterocycles. The van der Waals surface area contributed by atoms with Crippen molar-refractivity contribution in [1.29, 1.82) is 0 Å². The number of halogens is 2. The smallest absolute Gasteiger partial charge is 0.243 e. The first-order chi connectivity index (χ1) is 16.0. The number of hydrogen-bond donors (Lipinski definition) is 1. The van der Waals surface area contributed by atoms with Gasteiger partial charge >= 0.3 is 0 Å². The summed E-state index contributed by atoms with van der Waals surface area (Å²) in [4.78, 5) is 28.5. The number of hydrogen-bond acceptors (Lipinski definition) is 2. The van der Waals surface area contributed by atoms with Crippen molar-refractivity contribution in [2.75, 3.05) is 6.54 Å².